The SMILES string of the molecule is CC(C)(CCC(C(N)=O)(c1ccccc1)c1ccccc1)N1CC(OCc2cccc(O)c2Cl)C1. The normalized spacial score (nSPS) is 15.1. The minimum absolute atomic E-state index is 0.0684. The first-order valence-electron chi connectivity index (χ1n) is 12.0. The number of ether oxygens (including phenoxy) is 1. The molecule has 6 heteroatoms. The van der Waals surface area contributed by atoms with E-state index in [0.29, 0.717) is 18.1 Å². The number of primary amides is 1. The average molecular weight is 493 g/mol. The number of amides is 1. The number of phenols is 1. The maximum absolute atomic E-state index is 13.1. The molecule has 0 saturated carbocycles. The fourth-order valence-corrected chi connectivity index (χ4v) is 5.06. The first-order chi connectivity index (χ1) is 16.7. The molecule has 1 heterocycles. The minimum atomic E-state index is -0.896. The second-order valence-electron chi connectivity index (χ2n) is 9.90. The number of hydrogen-bond acceptors (Lipinski definition) is 4. The number of halogens is 1. The topological polar surface area (TPSA) is 75.8 Å². The van der Waals surface area contributed by atoms with Crippen LogP contribution in [0, 0.1) is 0 Å². The van der Waals surface area contributed by atoms with Crippen LogP contribution < -0.4 is 5.73 Å². The van der Waals surface area contributed by atoms with Gasteiger partial charge >= 0.3 is 0 Å². The zero-order valence-electron chi connectivity index (χ0n) is 20.3. The van der Waals surface area contributed by atoms with Crippen LogP contribution in [0.5, 0.6) is 5.75 Å². The van der Waals surface area contributed by atoms with Crippen molar-refractivity contribution in [2.45, 2.75) is 50.4 Å². The number of carbonyl (C=O) groups excluding carboxylic acids is 1. The molecule has 0 spiro atoms. The molecule has 3 N–H and O–H groups in total. The number of nitrogens with zero attached hydrogens (tertiary/aromatic N) is 1. The lowest BCUT2D eigenvalue weighted by Gasteiger charge is -2.50. The third-order valence-electron chi connectivity index (χ3n) is 7.30. The van der Waals surface area contributed by atoms with Gasteiger partial charge in [-0.2, -0.15) is 0 Å². The number of benzene rings is 3. The summed E-state index contributed by atoms with van der Waals surface area (Å²) in [4.78, 5) is 15.5. The summed E-state index contributed by atoms with van der Waals surface area (Å²) < 4.78 is 6.04. The summed E-state index contributed by atoms with van der Waals surface area (Å²) in [6.07, 6.45) is 1.48. The predicted octanol–water partition coefficient (Wildman–Crippen LogP) is 5.28. The van der Waals surface area contributed by atoms with Crippen molar-refractivity contribution < 1.29 is 14.6 Å². The van der Waals surface area contributed by atoms with E-state index >= 15 is 0 Å². The standard InChI is InChI=1S/C29H33ClN2O3/c1-28(2,32-18-24(19-32)35-20-21-10-9-15-25(33)26(21)30)16-17-29(27(31)34,22-11-5-3-6-12-22)23-13-7-4-8-14-23/h3-15,24,33H,16-20H2,1-2H3,(H2,31,34). The van der Waals surface area contributed by atoms with Gasteiger partial charge in [0.25, 0.3) is 0 Å². The summed E-state index contributed by atoms with van der Waals surface area (Å²) in [6.45, 7) is 6.36. The van der Waals surface area contributed by atoms with Crippen LogP contribution in [0.25, 0.3) is 0 Å². The van der Waals surface area contributed by atoms with E-state index < -0.39 is 5.41 Å². The van der Waals surface area contributed by atoms with Gasteiger partial charge in [0.2, 0.25) is 5.91 Å². The summed E-state index contributed by atoms with van der Waals surface area (Å²) in [5.74, 6) is -0.266. The number of likely N-dealkylation sites (tertiary alicyclic amines) is 1. The molecule has 0 atom stereocenters. The van der Waals surface area contributed by atoms with E-state index in [1.165, 1.54) is 0 Å². The van der Waals surface area contributed by atoms with Crippen molar-refractivity contribution in [3.05, 3.63) is 101 Å². The molecule has 0 bridgehead atoms. The molecule has 184 valence electrons. The van der Waals surface area contributed by atoms with Crippen LogP contribution in [0.4, 0.5) is 0 Å². The van der Waals surface area contributed by atoms with Crippen LogP contribution in [-0.2, 0) is 21.6 Å². The molecule has 1 fully saturated rings. The van der Waals surface area contributed by atoms with E-state index in [1.54, 1.807) is 12.1 Å². The highest BCUT2D eigenvalue weighted by atomic mass is 35.5. The van der Waals surface area contributed by atoms with Crippen LogP contribution in [0.3, 0.4) is 0 Å². The number of hydrogen-bond donors (Lipinski definition) is 2. The van der Waals surface area contributed by atoms with Gasteiger partial charge in [-0.3, -0.25) is 9.69 Å². The summed E-state index contributed by atoms with van der Waals surface area (Å²) in [5, 5.41) is 10.1. The number of rotatable bonds is 10. The Labute approximate surface area is 212 Å². The van der Waals surface area contributed by atoms with Gasteiger partial charge in [0, 0.05) is 24.2 Å². The molecule has 1 aliphatic rings. The van der Waals surface area contributed by atoms with E-state index in [0.717, 1.165) is 36.2 Å². The monoisotopic (exact) mass is 492 g/mol. The van der Waals surface area contributed by atoms with Crippen LogP contribution in [0.2, 0.25) is 5.02 Å². The first-order valence-corrected chi connectivity index (χ1v) is 12.4. The molecular formula is C29H33ClN2O3. The summed E-state index contributed by atoms with van der Waals surface area (Å²) in [7, 11) is 0. The van der Waals surface area contributed by atoms with Crippen molar-refractivity contribution in [3.8, 4) is 5.75 Å². The fourth-order valence-electron chi connectivity index (χ4n) is 4.88. The van der Waals surface area contributed by atoms with E-state index in [9.17, 15) is 9.90 Å². The number of nitrogens with two attached hydrogens (primary N) is 1. The molecular weight excluding hydrogens is 460 g/mol. The van der Waals surface area contributed by atoms with Gasteiger partial charge in [-0.05, 0) is 43.9 Å². The Morgan fingerprint density at radius 2 is 1.54 bits per heavy atom. The lowest BCUT2D eigenvalue weighted by Crippen LogP contribution is -2.61. The van der Waals surface area contributed by atoms with Crippen molar-refractivity contribution in [2.24, 2.45) is 5.73 Å². The van der Waals surface area contributed by atoms with Crippen LogP contribution in [0.15, 0.2) is 78.9 Å². The van der Waals surface area contributed by atoms with Crippen molar-refractivity contribution in [1.29, 1.82) is 0 Å². The number of aromatic hydroxyl groups is 1. The highest BCUT2D eigenvalue weighted by Gasteiger charge is 2.44. The summed E-state index contributed by atoms with van der Waals surface area (Å²) in [5.41, 5.74) is 7.70. The van der Waals surface area contributed by atoms with E-state index in [4.69, 9.17) is 22.1 Å². The average Bonchev–Trinajstić information content (AvgIpc) is 2.82. The molecule has 1 amide bonds. The second-order valence-corrected chi connectivity index (χ2v) is 10.3. The third-order valence-corrected chi connectivity index (χ3v) is 7.74. The number of carbonyl (C=O) groups is 1. The zero-order valence-corrected chi connectivity index (χ0v) is 21.0. The first kappa shape index (κ1) is 25.2. The maximum Gasteiger partial charge on any atom is 0.232 e. The summed E-state index contributed by atoms with van der Waals surface area (Å²) >= 11 is 6.17. The Balaban J connectivity index is 1.44. The van der Waals surface area contributed by atoms with Gasteiger partial charge in [0.05, 0.1) is 23.1 Å². The van der Waals surface area contributed by atoms with Crippen molar-refractivity contribution >= 4 is 17.5 Å². The Morgan fingerprint density at radius 1 is 0.971 bits per heavy atom. The van der Waals surface area contributed by atoms with E-state index in [-0.39, 0.29) is 23.3 Å². The van der Waals surface area contributed by atoms with Gasteiger partial charge in [0.1, 0.15) is 5.75 Å². The molecule has 0 aliphatic carbocycles. The summed E-state index contributed by atoms with van der Waals surface area (Å²) in [6, 6.07) is 24.9. The zero-order chi connectivity index (χ0) is 25.1. The van der Waals surface area contributed by atoms with Gasteiger partial charge in [-0.15, -0.1) is 0 Å². The molecule has 0 aromatic heterocycles. The second kappa shape index (κ2) is 10.4. The van der Waals surface area contributed by atoms with Crippen molar-refractivity contribution in [1.82, 2.24) is 4.90 Å². The third kappa shape index (κ3) is 5.22. The van der Waals surface area contributed by atoms with Gasteiger partial charge in [-0.25, -0.2) is 0 Å². The Morgan fingerprint density at radius 3 is 2.09 bits per heavy atom. The van der Waals surface area contributed by atoms with Crippen LogP contribution >= 0.6 is 11.6 Å². The molecule has 1 aliphatic heterocycles. The maximum atomic E-state index is 13.1. The lowest BCUT2D eigenvalue weighted by molar-refractivity contribution is -0.123. The van der Waals surface area contributed by atoms with Crippen LogP contribution in [-0.4, -0.2) is 40.6 Å². The smallest absolute Gasteiger partial charge is 0.232 e. The predicted molar refractivity (Wildman–Crippen MR) is 139 cm³/mol. The molecule has 3 aromatic carbocycles. The van der Waals surface area contributed by atoms with Crippen LogP contribution in [0.1, 0.15) is 43.4 Å². The van der Waals surface area contributed by atoms with Gasteiger partial charge in [-0.1, -0.05) is 84.4 Å². The molecule has 0 radical (unpaired) electrons. The Kier molecular flexibility index (Phi) is 7.50. The van der Waals surface area contributed by atoms with Gasteiger partial charge < -0.3 is 15.6 Å². The van der Waals surface area contributed by atoms with E-state index in [1.807, 2.05) is 66.7 Å². The quantitative estimate of drug-likeness (QED) is 0.404. The molecule has 5 nitrogen and oxygen atoms in total. The van der Waals surface area contributed by atoms with Crippen molar-refractivity contribution in [3.63, 3.8) is 0 Å². The number of phenolic OH excluding ortho intramolecular Hbond substituents is 1. The largest absolute Gasteiger partial charge is 0.506 e. The minimum Gasteiger partial charge on any atom is -0.506 e. The highest BCUT2D eigenvalue weighted by Crippen LogP contribution is 2.40. The molecule has 1 saturated heterocycles. The Hall–Kier alpha value is -2.86. The lowest BCUT2D eigenvalue weighted by atomic mass is 9.69. The van der Waals surface area contributed by atoms with Gasteiger partial charge in [0.15, 0.2) is 0 Å². The van der Waals surface area contributed by atoms with E-state index in [2.05, 4.69) is 18.7 Å². The Bertz CT molecular complexity index is 1110. The molecule has 0 unspecified atom stereocenters. The van der Waals surface area contributed by atoms with Crippen molar-refractivity contribution in [2.75, 3.05) is 13.1 Å². The molecule has 35 heavy (non-hydrogen) atoms. The molecule has 4 rings (SSSR count). The highest BCUT2D eigenvalue weighted by molar-refractivity contribution is 6.32. The molecule has 3 aromatic rings. The fraction of sp³-hybridized carbons (Fsp3) is 0.345.